The molecule has 5 rings (SSSR count). The van der Waals surface area contributed by atoms with Crippen molar-refractivity contribution in [3.8, 4) is 0 Å². The van der Waals surface area contributed by atoms with E-state index in [1.165, 1.54) is 7.11 Å². The number of hydrogen-bond acceptors (Lipinski definition) is 9. The highest BCUT2D eigenvalue weighted by Crippen LogP contribution is 2.47. The highest BCUT2D eigenvalue weighted by molar-refractivity contribution is 6.44. The minimum Gasteiger partial charge on any atom is -0.464 e. The zero-order chi connectivity index (χ0) is 29.6. The molecule has 0 radical (unpaired) electrons. The van der Waals surface area contributed by atoms with Crippen LogP contribution in [0.4, 0.5) is 16.6 Å². The number of H-pyrrole nitrogens is 1. The molecule has 0 unspecified atom stereocenters. The molecule has 2 aromatic heterocycles. The monoisotopic (exact) mass is 607 g/mol. The van der Waals surface area contributed by atoms with Gasteiger partial charge < -0.3 is 34.9 Å². The fourth-order valence-corrected chi connectivity index (χ4v) is 5.93. The van der Waals surface area contributed by atoms with Crippen molar-refractivity contribution in [2.45, 2.75) is 58.2 Å². The maximum Gasteiger partial charge on any atom is 0.407 e. The molecule has 2 aliphatic heterocycles. The van der Waals surface area contributed by atoms with Crippen LogP contribution in [0.3, 0.4) is 0 Å². The summed E-state index contributed by atoms with van der Waals surface area (Å²) in [6, 6.07) is 1.65. The maximum absolute atomic E-state index is 12.8. The molecule has 14 heteroatoms. The summed E-state index contributed by atoms with van der Waals surface area (Å²) >= 11 is 12.3. The number of methoxy groups -OCH3 is 1. The predicted molar refractivity (Wildman–Crippen MR) is 154 cm³/mol. The topological polar surface area (TPSA) is 142 Å². The Morgan fingerprint density at radius 1 is 1.02 bits per heavy atom. The van der Waals surface area contributed by atoms with E-state index in [9.17, 15) is 14.4 Å². The Balaban J connectivity index is 1.21. The number of carbonyl (C=O) groups excluding carboxylic acids is 3. The number of nitrogens with zero attached hydrogens (tertiary/aromatic N) is 4. The maximum atomic E-state index is 12.8. The number of halogens is 2. The number of alkyl carbamates (subject to hydrolysis) is 1. The molecule has 0 bridgehead atoms. The van der Waals surface area contributed by atoms with Crippen LogP contribution < -0.4 is 20.4 Å². The minimum absolute atomic E-state index is 0.0232. The van der Waals surface area contributed by atoms with Crippen molar-refractivity contribution in [3.63, 3.8) is 0 Å². The van der Waals surface area contributed by atoms with Crippen LogP contribution in [0, 0.1) is 18.8 Å². The van der Waals surface area contributed by atoms with Crippen LogP contribution in [0.25, 0.3) is 0 Å². The van der Waals surface area contributed by atoms with Gasteiger partial charge in [0.25, 0.3) is 5.91 Å². The van der Waals surface area contributed by atoms with Gasteiger partial charge in [-0.1, -0.05) is 23.2 Å². The number of esters is 1. The van der Waals surface area contributed by atoms with Gasteiger partial charge >= 0.3 is 12.1 Å². The Labute approximate surface area is 248 Å². The number of ether oxygens (including phenoxy) is 2. The van der Waals surface area contributed by atoms with Gasteiger partial charge in [0.2, 0.25) is 5.95 Å². The third-order valence-electron chi connectivity index (χ3n) is 7.69. The number of fused-ring (bicyclic) bond motifs is 1. The van der Waals surface area contributed by atoms with Gasteiger partial charge in [-0.3, -0.25) is 4.79 Å². The van der Waals surface area contributed by atoms with E-state index in [2.05, 4.69) is 25.5 Å². The molecule has 1 saturated carbocycles. The SMILES string of the molecule is COC(=O)c1cc(N2C[C@@H]3[C@H](C2)[C@H]3NC(=O)c2[nH]c(C)c(Cl)c2Cl)nc(N2CCC(NC(=O)OC(C)(C)C)CC2)n1. The smallest absolute Gasteiger partial charge is 0.407 e. The molecule has 3 aliphatic rings. The number of anilines is 2. The molecular weight excluding hydrogens is 573 g/mol. The van der Waals surface area contributed by atoms with Crippen LogP contribution in [0.1, 0.15) is 60.3 Å². The molecule has 2 aromatic rings. The molecule has 222 valence electrons. The lowest BCUT2D eigenvalue weighted by molar-refractivity contribution is 0.0495. The number of aromatic amines is 1. The summed E-state index contributed by atoms with van der Waals surface area (Å²) in [5.41, 5.74) is 0.535. The van der Waals surface area contributed by atoms with E-state index in [0.717, 1.165) is 0 Å². The predicted octanol–water partition coefficient (Wildman–Crippen LogP) is 3.56. The van der Waals surface area contributed by atoms with Crippen LogP contribution in [0.5, 0.6) is 0 Å². The lowest BCUT2D eigenvalue weighted by Crippen LogP contribution is -2.46. The number of hydrogen-bond donors (Lipinski definition) is 3. The van der Waals surface area contributed by atoms with Gasteiger partial charge in [0.1, 0.15) is 17.1 Å². The van der Waals surface area contributed by atoms with Crippen molar-refractivity contribution in [1.82, 2.24) is 25.6 Å². The van der Waals surface area contributed by atoms with Crippen molar-refractivity contribution >= 4 is 52.9 Å². The average molecular weight is 609 g/mol. The molecule has 3 atom stereocenters. The Kier molecular flexibility index (Phi) is 7.99. The van der Waals surface area contributed by atoms with Crippen molar-refractivity contribution in [1.29, 1.82) is 0 Å². The van der Waals surface area contributed by atoms with Gasteiger partial charge in [-0.05, 0) is 40.5 Å². The summed E-state index contributed by atoms with van der Waals surface area (Å²) in [5, 5.41) is 6.57. The highest BCUT2D eigenvalue weighted by Gasteiger charge is 2.57. The van der Waals surface area contributed by atoms with Gasteiger partial charge in [-0.2, -0.15) is 4.98 Å². The second-order valence-corrected chi connectivity index (χ2v) is 12.6. The van der Waals surface area contributed by atoms with Crippen molar-refractivity contribution < 1.29 is 23.9 Å². The molecule has 4 heterocycles. The third kappa shape index (κ3) is 6.33. The summed E-state index contributed by atoms with van der Waals surface area (Å²) in [5.74, 6) is 0.757. The zero-order valence-corrected chi connectivity index (χ0v) is 25.2. The molecule has 1 aliphatic carbocycles. The van der Waals surface area contributed by atoms with E-state index in [1.54, 1.807) is 13.0 Å². The molecule has 0 aromatic carbocycles. The fraction of sp³-hybridized carbons (Fsp3) is 0.593. The number of carbonyl (C=O) groups is 3. The first-order valence-electron chi connectivity index (χ1n) is 13.7. The van der Waals surface area contributed by atoms with Crippen LogP contribution in [0.2, 0.25) is 10.0 Å². The van der Waals surface area contributed by atoms with Crippen LogP contribution in [-0.2, 0) is 9.47 Å². The van der Waals surface area contributed by atoms with Gasteiger partial charge in [-0.15, -0.1) is 0 Å². The fourth-order valence-electron chi connectivity index (χ4n) is 5.51. The molecule has 2 saturated heterocycles. The Morgan fingerprint density at radius 3 is 2.24 bits per heavy atom. The van der Waals surface area contributed by atoms with Gasteiger partial charge in [0.05, 0.1) is 17.2 Å². The van der Waals surface area contributed by atoms with Gasteiger partial charge in [-0.25, -0.2) is 14.6 Å². The van der Waals surface area contributed by atoms with Gasteiger partial charge in [0, 0.05) is 61.9 Å². The standard InChI is InChI=1S/C27H35Cl2N7O5/c1-13-19(28)20(29)22(30-13)23(37)34-21-15-11-36(12-16(15)21)18-10-17(24(38)40-5)32-25(33-18)35-8-6-14(7-9-35)31-26(39)41-27(2,3)4/h10,14-16,21,30H,6-9,11-12H2,1-5H3,(H,31,39)(H,34,37)/t15-,16+,21+. The Bertz CT molecular complexity index is 1340. The summed E-state index contributed by atoms with van der Waals surface area (Å²) < 4.78 is 10.3. The molecule has 12 nitrogen and oxygen atoms in total. The van der Waals surface area contributed by atoms with Crippen molar-refractivity contribution in [3.05, 3.63) is 33.2 Å². The summed E-state index contributed by atoms with van der Waals surface area (Å²) in [6.45, 7) is 9.80. The molecule has 3 N–H and O–H groups in total. The number of rotatable bonds is 6. The summed E-state index contributed by atoms with van der Waals surface area (Å²) in [7, 11) is 1.32. The number of aryl methyl sites for hydroxylation is 1. The summed E-state index contributed by atoms with van der Waals surface area (Å²) in [4.78, 5) is 53.8. The van der Waals surface area contributed by atoms with E-state index in [-0.39, 0.29) is 46.2 Å². The third-order valence-corrected chi connectivity index (χ3v) is 8.64. The first-order valence-corrected chi connectivity index (χ1v) is 14.4. The van der Waals surface area contributed by atoms with Crippen LogP contribution in [-0.4, -0.2) is 83.9 Å². The normalized spacial score (nSPS) is 22.3. The van der Waals surface area contributed by atoms with Crippen molar-refractivity contribution in [2.24, 2.45) is 11.8 Å². The van der Waals surface area contributed by atoms with E-state index >= 15 is 0 Å². The van der Waals surface area contributed by atoms with Crippen molar-refractivity contribution in [2.75, 3.05) is 43.1 Å². The van der Waals surface area contributed by atoms with Crippen LogP contribution in [0.15, 0.2) is 6.07 Å². The minimum atomic E-state index is -0.561. The lowest BCUT2D eigenvalue weighted by atomic mass is 10.1. The second kappa shape index (κ2) is 11.2. The van der Waals surface area contributed by atoms with Crippen LogP contribution >= 0.6 is 23.2 Å². The number of amides is 2. The number of nitrogens with one attached hydrogen (secondary N) is 3. The molecule has 2 amide bonds. The molecule has 41 heavy (non-hydrogen) atoms. The highest BCUT2D eigenvalue weighted by atomic mass is 35.5. The first-order chi connectivity index (χ1) is 19.3. The van der Waals surface area contributed by atoms with E-state index < -0.39 is 17.7 Å². The number of piperidine rings is 2. The first kappa shape index (κ1) is 29.2. The lowest BCUT2D eigenvalue weighted by Gasteiger charge is -2.33. The zero-order valence-electron chi connectivity index (χ0n) is 23.7. The second-order valence-electron chi connectivity index (χ2n) is 11.8. The average Bonchev–Trinajstić information content (AvgIpc) is 3.23. The quantitative estimate of drug-likeness (QED) is 0.420. The number of aromatic nitrogens is 3. The largest absolute Gasteiger partial charge is 0.464 e. The summed E-state index contributed by atoms with van der Waals surface area (Å²) in [6.07, 6.45) is 0.940. The molecule has 3 fully saturated rings. The van der Waals surface area contributed by atoms with Gasteiger partial charge in [0.15, 0.2) is 5.69 Å². The van der Waals surface area contributed by atoms with E-state index in [1.807, 2.05) is 25.7 Å². The van der Waals surface area contributed by atoms with E-state index in [0.29, 0.717) is 61.5 Å². The Morgan fingerprint density at radius 2 is 1.68 bits per heavy atom. The molecule has 0 spiro atoms. The van der Waals surface area contributed by atoms with E-state index in [4.69, 9.17) is 37.7 Å². The Hall–Kier alpha value is -3.25. The molecular formula is C27H35Cl2N7O5.